The third kappa shape index (κ3) is 2.41. The van der Waals surface area contributed by atoms with Crippen molar-refractivity contribution in [1.82, 2.24) is 9.55 Å². The van der Waals surface area contributed by atoms with E-state index in [-0.39, 0.29) is 5.91 Å². The van der Waals surface area contributed by atoms with Crippen LogP contribution in [0.3, 0.4) is 0 Å². The van der Waals surface area contributed by atoms with Crippen molar-refractivity contribution in [2.45, 2.75) is 13.0 Å². The molecule has 25 heavy (non-hydrogen) atoms. The van der Waals surface area contributed by atoms with Gasteiger partial charge >= 0.3 is 0 Å². The third-order valence-corrected chi connectivity index (χ3v) is 4.36. The minimum absolute atomic E-state index is 0.336. The quantitative estimate of drug-likeness (QED) is 0.799. The summed E-state index contributed by atoms with van der Waals surface area (Å²) < 4.78 is 7.51. The number of para-hydroxylation sites is 2. The van der Waals surface area contributed by atoms with E-state index in [0.717, 1.165) is 16.6 Å². The highest BCUT2D eigenvalue weighted by molar-refractivity contribution is 5.97. The van der Waals surface area contributed by atoms with E-state index in [4.69, 9.17) is 4.74 Å². The number of nitriles is 1. The van der Waals surface area contributed by atoms with Crippen molar-refractivity contribution in [1.29, 1.82) is 5.26 Å². The maximum Gasteiger partial charge on any atom is 0.246 e. The molecule has 3 aromatic rings. The van der Waals surface area contributed by atoms with Gasteiger partial charge in [-0.25, -0.2) is 4.98 Å². The molecule has 6 heteroatoms. The molecule has 1 amide bonds. The Balaban J connectivity index is 1.95. The number of amides is 1. The lowest BCUT2D eigenvalue weighted by atomic mass is 9.91. The van der Waals surface area contributed by atoms with Gasteiger partial charge in [-0.15, -0.1) is 0 Å². The van der Waals surface area contributed by atoms with Crippen LogP contribution in [0.4, 0.5) is 5.95 Å². The zero-order chi connectivity index (χ0) is 17.4. The number of ether oxygens (including phenoxy) is 1. The molecular formula is C19H16N4O2. The van der Waals surface area contributed by atoms with E-state index in [1.165, 1.54) is 0 Å². The van der Waals surface area contributed by atoms with Crippen molar-refractivity contribution in [3.8, 4) is 11.8 Å². The first-order valence-corrected chi connectivity index (χ1v) is 8.13. The van der Waals surface area contributed by atoms with Crippen LogP contribution in [0, 0.1) is 17.2 Å². The average Bonchev–Trinajstić information content (AvgIpc) is 2.98. The zero-order valence-corrected chi connectivity index (χ0v) is 13.6. The Bertz CT molecular complexity index is 1000. The van der Waals surface area contributed by atoms with Crippen molar-refractivity contribution in [2.75, 3.05) is 11.9 Å². The number of rotatable bonds is 3. The van der Waals surface area contributed by atoms with Crippen LogP contribution in [0.25, 0.3) is 11.0 Å². The van der Waals surface area contributed by atoms with E-state index in [0.29, 0.717) is 18.3 Å². The summed E-state index contributed by atoms with van der Waals surface area (Å²) in [5.74, 6) is -0.00254. The number of carbonyl (C=O) groups excluding carboxylic acids is 1. The van der Waals surface area contributed by atoms with Gasteiger partial charge in [0.25, 0.3) is 0 Å². The third-order valence-electron chi connectivity index (χ3n) is 4.36. The molecule has 6 nitrogen and oxygen atoms in total. The summed E-state index contributed by atoms with van der Waals surface area (Å²) in [6.45, 7) is 2.47. The maximum atomic E-state index is 12.4. The molecule has 4 rings (SSSR count). The van der Waals surface area contributed by atoms with Gasteiger partial charge in [-0.2, -0.15) is 5.26 Å². The van der Waals surface area contributed by atoms with Crippen LogP contribution in [0.2, 0.25) is 0 Å². The van der Waals surface area contributed by atoms with E-state index in [2.05, 4.69) is 16.4 Å². The van der Waals surface area contributed by atoms with Crippen molar-refractivity contribution < 1.29 is 9.53 Å². The van der Waals surface area contributed by atoms with E-state index >= 15 is 0 Å². The van der Waals surface area contributed by atoms with Gasteiger partial charge in [-0.05, 0) is 36.8 Å². The summed E-state index contributed by atoms with van der Waals surface area (Å²) >= 11 is 0. The monoisotopic (exact) mass is 332 g/mol. The molecule has 0 unspecified atom stereocenters. The Morgan fingerprint density at radius 2 is 2.12 bits per heavy atom. The van der Waals surface area contributed by atoms with E-state index in [1.807, 2.05) is 60.0 Å². The number of nitrogens with zero attached hydrogens (tertiary/aromatic N) is 3. The number of benzene rings is 2. The van der Waals surface area contributed by atoms with Crippen LogP contribution >= 0.6 is 0 Å². The number of anilines is 1. The molecule has 2 atom stereocenters. The Hall–Kier alpha value is -3.33. The Morgan fingerprint density at radius 1 is 1.28 bits per heavy atom. The SMILES string of the molecule is CCOc1cccc([C@@H]2[C@@H](C#N)C(=O)Nc3nc4ccccc4n32)c1. The first kappa shape index (κ1) is 15.2. The average molecular weight is 332 g/mol. The molecule has 1 aliphatic heterocycles. The Kier molecular flexibility index (Phi) is 3.62. The minimum Gasteiger partial charge on any atom is -0.494 e. The van der Waals surface area contributed by atoms with Crippen molar-refractivity contribution in [3.05, 3.63) is 54.1 Å². The predicted octanol–water partition coefficient (Wildman–Crippen LogP) is 3.12. The molecule has 0 saturated heterocycles. The number of hydrogen-bond acceptors (Lipinski definition) is 4. The second kappa shape index (κ2) is 5.95. The molecular weight excluding hydrogens is 316 g/mol. The van der Waals surface area contributed by atoms with Gasteiger partial charge in [-0.3, -0.25) is 10.1 Å². The fourth-order valence-electron chi connectivity index (χ4n) is 3.32. The summed E-state index contributed by atoms with van der Waals surface area (Å²) in [5, 5.41) is 12.4. The second-order valence-electron chi connectivity index (χ2n) is 5.84. The number of carbonyl (C=O) groups is 1. The lowest BCUT2D eigenvalue weighted by molar-refractivity contribution is -0.119. The molecule has 0 saturated carbocycles. The number of imidazole rings is 1. The number of hydrogen-bond donors (Lipinski definition) is 1. The van der Waals surface area contributed by atoms with Gasteiger partial charge in [0.05, 0.1) is 29.8 Å². The molecule has 1 aliphatic rings. The van der Waals surface area contributed by atoms with Gasteiger partial charge < -0.3 is 9.30 Å². The summed E-state index contributed by atoms with van der Waals surface area (Å²) in [4.78, 5) is 16.9. The van der Waals surface area contributed by atoms with Crippen LogP contribution in [0.1, 0.15) is 18.5 Å². The molecule has 0 aliphatic carbocycles. The summed E-state index contributed by atoms with van der Waals surface area (Å²) in [6, 6.07) is 16.9. The molecule has 0 bridgehead atoms. The van der Waals surface area contributed by atoms with Crippen LogP contribution in [0.15, 0.2) is 48.5 Å². The lowest BCUT2D eigenvalue weighted by Crippen LogP contribution is -2.37. The Labute approximate surface area is 144 Å². The molecule has 1 aromatic heterocycles. The predicted molar refractivity (Wildman–Crippen MR) is 93.2 cm³/mol. The summed E-state index contributed by atoms with van der Waals surface area (Å²) in [7, 11) is 0. The fraction of sp³-hybridized carbons (Fsp3) is 0.211. The van der Waals surface area contributed by atoms with Crippen molar-refractivity contribution >= 4 is 22.9 Å². The molecule has 1 N–H and O–H groups in total. The molecule has 124 valence electrons. The van der Waals surface area contributed by atoms with E-state index < -0.39 is 12.0 Å². The Morgan fingerprint density at radius 3 is 2.92 bits per heavy atom. The van der Waals surface area contributed by atoms with Crippen LogP contribution < -0.4 is 10.1 Å². The highest BCUT2D eigenvalue weighted by atomic mass is 16.5. The summed E-state index contributed by atoms with van der Waals surface area (Å²) in [5.41, 5.74) is 2.50. The first-order valence-electron chi connectivity index (χ1n) is 8.13. The fourth-order valence-corrected chi connectivity index (χ4v) is 3.32. The van der Waals surface area contributed by atoms with Gasteiger partial charge in [-0.1, -0.05) is 24.3 Å². The van der Waals surface area contributed by atoms with Gasteiger partial charge in [0.1, 0.15) is 5.75 Å². The van der Waals surface area contributed by atoms with E-state index in [1.54, 1.807) is 0 Å². The smallest absolute Gasteiger partial charge is 0.246 e. The van der Waals surface area contributed by atoms with Crippen molar-refractivity contribution in [3.63, 3.8) is 0 Å². The number of nitrogens with one attached hydrogen (secondary N) is 1. The van der Waals surface area contributed by atoms with Crippen molar-refractivity contribution in [2.24, 2.45) is 5.92 Å². The first-order chi connectivity index (χ1) is 12.2. The topological polar surface area (TPSA) is 79.9 Å². The molecule has 2 heterocycles. The largest absolute Gasteiger partial charge is 0.494 e. The zero-order valence-electron chi connectivity index (χ0n) is 13.6. The standard InChI is InChI=1S/C19H16N4O2/c1-2-25-13-7-5-6-12(10-13)17-14(11-20)18(24)22-19-21-15-8-3-4-9-16(15)23(17)19/h3-10,14,17H,2H2,1H3,(H,21,22,24)/t14-,17-/m1/s1. The molecule has 0 radical (unpaired) electrons. The van der Waals surface area contributed by atoms with Gasteiger partial charge in [0.2, 0.25) is 11.9 Å². The van der Waals surface area contributed by atoms with Gasteiger partial charge in [0.15, 0.2) is 5.92 Å². The molecule has 2 aromatic carbocycles. The highest BCUT2D eigenvalue weighted by Gasteiger charge is 2.38. The second-order valence-corrected chi connectivity index (χ2v) is 5.84. The normalized spacial score (nSPS) is 19.1. The molecule has 0 spiro atoms. The summed E-state index contributed by atoms with van der Waals surface area (Å²) in [6.07, 6.45) is 0. The van der Waals surface area contributed by atoms with Crippen LogP contribution in [-0.4, -0.2) is 22.1 Å². The maximum absolute atomic E-state index is 12.4. The number of fused-ring (bicyclic) bond motifs is 3. The number of aromatic nitrogens is 2. The van der Waals surface area contributed by atoms with Crippen LogP contribution in [-0.2, 0) is 4.79 Å². The van der Waals surface area contributed by atoms with Gasteiger partial charge in [0, 0.05) is 0 Å². The minimum atomic E-state index is -0.845. The molecule has 0 fully saturated rings. The lowest BCUT2D eigenvalue weighted by Gasteiger charge is -2.30. The van der Waals surface area contributed by atoms with Crippen LogP contribution in [0.5, 0.6) is 5.75 Å². The highest BCUT2D eigenvalue weighted by Crippen LogP contribution is 2.38. The van der Waals surface area contributed by atoms with E-state index in [9.17, 15) is 10.1 Å².